The highest BCUT2D eigenvalue weighted by atomic mass is 79.9. The molecule has 102 valence electrons. The van der Waals surface area contributed by atoms with Gasteiger partial charge in [-0.05, 0) is 65.2 Å². The van der Waals surface area contributed by atoms with Crippen LogP contribution in [-0.2, 0) is 4.79 Å². The molecule has 2 aliphatic carbocycles. The van der Waals surface area contributed by atoms with Crippen molar-refractivity contribution in [2.24, 2.45) is 23.5 Å². The van der Waals surface area contributed by atoms with Gasteiger partial charge in [-0.15, -0.1) is 0 Å². The molecular formula is C14H16BrClN2O. The van der Waals surface area contributed by atoms with E-state index in [9.17, 15) is 4.79 Å². The first-order chi connectivity index (χ1) is 9.06. The predicted molar refractivity (Wildman–Crippen MR) is 80.1 cm³/mol. The molecule has 2 aliphatic rings. The van der Waals surface area contributed by atoms with Gasteiger partial charge in [0.25, 0.3) is 0 Å². The van der Waals surface area contributed by atoms with Crippen LogP contribution in [-0.4, -0.2) is 11.9 Å². The van der Waals surface area contributed by atoms with Crippen molar-refractivity contribution in [1.82, 2.24) is 0 Å². The van der Waals surface area contributed by atoms with E-state index in [4.69, 9.17) is 17.3 Å². The summed E-state index contributed by atoms with van der Waals surface area (Å²) in [6.45, 7) is 0. The molecule has 0 aromatic heterocycles. The topological polar surface area (TPSA) is 55.1 Å². The number of fused-ring (bicyclic) bond motifs is 2. The molecule has 4 atom stereocenters. The lowest BCUT2D eigenvalue weighted by molar-refractivity contribution is -0.121. The molecule has 1 aromatic carbocycles. The first-order valence-electron chi connectivity index (χ1n) is 6.58. The lowest BCUT2D eigenvalue weighted by Crippen LogP contribution is -2.42. The van der Waals surface area contributed by atoms with E-state index >= 15 is 0 Å². The Labute approximate surface area is 126 Å². The monoisotopic (exact) mass is 342 g/mol. The lowest BCUT2D eigenvalue weighted by Gasteiger charge is -2.27. The summed E-state index contributed by atoms with van der Waals surface area (Å²) < 4.78 is 0.796. The second-order valence-electron chi connectivity index (χ2n) is 5.55. The number of anilines is 1. The Morgan fingerprint density at radius 2 is 2.11 bits per heavy atom. The second-order valence-corrected chi connectivity index (χ2v) is 6.84. The Balaban J connectivity index is 1.75. The average Bonchev–Trinajstić information content (AvgIpc) is 2.93. The lowest BCUT2D eigenvalue weighted by atomic mass is 9.84. The predicted octanol–water partition coefficient (Wildman–Crippen LogP) is 3.41. The molecule has 19 heavy (non-hydrogen) atoms. The molecule has 3 nitrogen and oxygen atoms in total. The molecule has 4 unspecified atom stereocenters. The summed E-state index contributed by atoms with van der Waals surface area (Å²) in [6, 6.07) is 5.37. The van der Waals surface area contributed by atoms with E-state index in [1.54, 1.807) is 12.1 Å². The largest absolute Gasteiger partial charge is 0.327 e. The maximum Gasteiger partial charge on any atom is 0.229 e. The van der Waals surface area contributed by atoms with Crippen molar-refractivity contribution in [2.75, 3.05) is 5.32 Å². The molecular weight excluding hydrogens is 328 g/mol. The van der Waals surface area contributed by atoms with E-state index in [0.717, 1.165) is 23.0 Å². The molecule has 2 fully saturated rings. The van der Waals surface area contributed by atoms with Gasteiger partial charge in [-0.3, -0.25) is 4.79 Å². The Kier molecular flexibility index (Phi) is 3.58. The first kappa shape index (κ1) is 13.4. The minimum absolute atomic E-state index is 0.0184. The highest BCUT2D eigenvalue weighted by molar-refractivity contribution is 9.10. The average molecular weight is 344 g/mol. The van der Waals surface area contributed by atoms with E-state index in [1.165, 1.54) is 6.42 Å². The highest BCUT2D eigenvalue weighted by Crippen LogP contribution is 2.48. The van der Waals surface area contributed by atoms with Gasteiger partial charge in [-0.25, -0.2) is 0 Å². The van der Waals surface area contributed by atoms with Crippen LogP contribution in [0, 0.1) is 17.8 Å². The van der Waals surface area contributed by atoms with Gasteiger partial charge in [-0.1, -0.05) is 11.6 Å². The van der Waals surface area contributed by atoms with E-state index in [-0.39, 0.29) is 17.9 Å². The summed E-state index contributed by atoms with van der Waals surface area (Å²) in [5.41, 5.74) is 6.94. The zero-order valence-corrected chi connectivity index (χ0v) is 12.7. The van der Waals surface area contributed by atoms with Crippen LogP contribution in [0.3, 0.4) is 0 Å². The Bertz CT molecular complexity index is 520. The summed E-state index contributed by atoms with van der Waals surface area (Å²) in [7, 11) is 0. The molecule has 0 heterocycles. The molecule has 1 aromatic rings. The van der Waals surface area contributed by atoms with E-state index in [2.05, 4.69) is 21.2 Å². The van der Waals surface area contributed by atoms with Crippen molar-refractivity contribution in [3.63, 3.8) is 0 Å². The molecule has 0 saturated heterocycles. The number of halogens is 2. The maximum atomic E-state index is 12.4. The number of carbonyl (C=O) groups is 1. The zero-order chi connectivity index (χ0) is 13.6. The van der Waals surface area contributed by atoms with Crippen LogP contribution in [0.5, 0.6) is 0 Å². The van der Waals surface area contributed by atoms with Gasteiger partial charge in [0.15, 0.2) is 0 Å². The van der Waals surface area contributed by atoms with Crippen molar-refractivity contribution in [2.45, 2.75) is 25.3 Å². The van der Waals surface area contributed by atoms with Crippen LogP contribution >= 0.6 is 27.5 Å². The highest BCUT2D eigenvalue weighted by Gasteiger charge is 2.49. The number of hydrogen-bond donors (Lipinski definition) is 2. The fraction of sp³-hybridized carbons (Fsp3) is 0.500. The fourth-order valence-electron chi connectivity index (χ4n) is 3.53. The van der Waals surface area contributed by atoms with Gasteiger partial charge >= 0.3 is 0 Å². The van der Waals surface area contributed by atoms with Crippen molar-refractivity contribution in [3.8, 4) is 0 Å². The fourth-order valence-corrected chi connectivity index (χ4v) is 4.31. The van der Waals surface area contributed by atoms with Gasteiger partial charge in [0.1, 0.15) is 0 Å². The number of hydrogen-bond acceptors (Lipinski definition) is 2. The summed E-state index contributed by atoms with van der Waals surface area (Å²) >= 11 is 9.30. The third-order valence-corrected chi connectivity index (χ3v) is 5.36. The van der Waals surface area contributed by atoms with Crippen LogP contribution in [0.1, 0.15) is 19.3 Å². The normalized spacial score (nSPS) is 32.6. The third kappa shape index (κ3) is 2.41. The first-order valence-corrected chi connectivity index (χ1v) is 7.75. The van der Waals surface area contributed by atoms with Crippen LogP contribution in [0.15, 0.2) is 22.7 Å². The molecule has 2 bridgehead atoms. The third-order valence-electron chi connectivity index (χ3n) is 4.47. The van der Waals surface area contributed by atoms with Crippen molar-refractivity contribution >= 4 is 39.1 Å². The van der Waals surface area contributed by atoms with Gasteiger partial charge in [-0.2, -0.15) is 0 Å². The molecule has 1 amide bonds. The Morgan fingerprint density at radius 3 is 2.74 bits per heavy atom. The molecule has 3 rings (SSSR count). The van der Waals surface area contributed by atoms with E-state index in [1.807, 2.05) is 6.07 Å². The van der Waals surface area contributed by atoms with Gasteiger partial charge < -0.3 is 11.1 Å². The summed E-state index contributed by atoms with van der Waals surface area (Å²) in [5, 5.41) is 3.61. The van der Waals surface area contributed by atoms with Crippen LogP contribution in [0.4, 0.5) is 5.69 Å². The SMILES string of the molecule is NC1C2CCC(C2)C1C(=O)Nc1ccc(Cl)cc1Br. The van der Waals surface area contributed by atoms with Gasteiger partial charge in [0.2, 0.25) is 5.91 Å². The van der Waals surface area contributed by atoms with Crippen LogP contribution in [0.25, 0.3) is 0 Å². The van der Waals surface area contributed by atoms with E-state index in [0.29, 0.717) is 16.9 Å². The standard InChI is InChI=1S/C14H16BrClN2O/c15-10-6-9(16)3-4-11(10)18-14(19)12-7-1-2-8(5-7)13(12)17/h3-4,6-8,12-13H,1-2,5,17H2,(H,18,19). The molecule has 0 spiro atoms. The van der Waals surface area contributed by atoms with Crippen LogP contribution < -0.4 is 11.1 Å². The molecule has 5 heteroatoms. The molecule has 3 N–H and O–H groups in total. The van der Waals surface area contributed by atoms with Gasteiger partial charge in [0, 0.05) is 15.5 Å². The second kappa shape index (κ2) is 5.08. The number of amides is 1. The van der Waals surface area contributed by atoms with Crippen molar-refractivity contribution in [3.05, 3.63) is 27.7 Å². The maximum absolute atomic E-state index is 12.4. The van der Waals surface area contributed by atoms with Crippen LogP contribution in [0.2, 0.25) is 5.02 Å². The van der Waals surface area contributed by atoms with Crippen molar-refractivity contribution in [1.29, 1.82) is 0 Å². The van der Waals surface area contributed by atoms with Crippen molar-refractivity contribution < 1.29 is 4.79 Å². The summed E-state index contributed by atoms with van der Waals surface area (Å²) in [5.74, 6) is 1.00. The molecule has 0 radical (unpaired) electrons. The number of nitrogens with one attached hydrogen (secondary N) is 1. The minimum atomic E-state index is -0.0404. The summed E-state index contributed by atoms with van der Waals surface area (Å²) in [6.07, 6.45) is 3.43. The number of rotatable bonds is 2. The summed E-state index contributed by atoms with van der Waals surface area (Å²) in [4.78, 5) is 12.4. The van der Waals surface area contributed by atoms with Gasteiger partial charge in [0.05, 0.1) is 11.6 Å². The Morgan fingerprint density at radius 1 is 1.37 bits per heavy atom. The molecule has 0 aliphatic heterocycles. The number of carbonyl (C=O) groups excluding carboxylic acids is 1. The smallest absolute Gasteiger partial charge is 0.229 e. The number of benzene rings is 1. The minimum Gasteiger partial charge on any atom is -0.327 e. The zero-order valence-electron chi connectivity index (χ0n) is 10.4. The number of nitrogens with two attached hydrogens (primary N) is 1. The molecule has 2 saturated carbocycles. The quantitative estimate of drug-likeness (QED) is 0.864. The Hall–Kier alpha value is -0.580. The van der Waals surface area contributed by atoms with E-state index < -0.39 is 0 Å².